The van der Waals surface area contributed by atoms with E-state index in [4.69, 9.17) is 14.6 Å². The highest BCUT2D eigenvalue weighted by Crippen LogP contribution is 2.14. The SMILES string of the molecule is COC(=O)[C@H](Cc1ccc(C=Cc2ccc(C(=O)O)cc2)cc1)NC(=O)[C@H](C)N(C)C(=O)OC(C)(C)C. The number of nitrogens with one attached hydrogen (secondary N) is 1. The molecule has 0 fully saturated rings. The molecule has 2 N–H and O–H groups in total. The Hall–Kier alpha value is -4.14. The maximum Gasteiger partial charge on any atom is 0.410 e. The van der Waals surface area contributed by atoms with Crippen LogP contribution < -0.4 is 5.32 Å². The summed E-state index contributed by atoms with van der Waals surface area (Å²) in [4.78, 5) is 49.6. The summed E-state index contributed by atoms with van der Waals surface area (Å²) < 4.78 is 10.2. The molecule has 2 aromatic carbocycles. The number of nitrogens with zero attached hydrogens (tertiary/aromatic N) is 1. The largest absolute Gasteiger partial charge is 0.478 e. The first-order valence-electron chi connectivity index (χ1n) is 11.7. The molecule has 0 aliphatic rings. The lowest BCUT2D eigenvalue weighted by Crippen LogP contribution is -2.52. The number of amides is 2. The van der Waals surface area contributed by atoms with Gasteiger partial charge in [0.15, 0.2) is 0 Å². The van der Waals surface area contributed by atoms with Crippen LogP contribution in [0.4, 0.5) is 4.79 Å². The van der Waals surface area contributed by atoms with E-state index in [-0.39, 0.29) is 12.0 Å². The van der Waals surface area contributed by atoms with Gasteiger partial charge < -0.3 is 19.9 Å². The number of likely N-dealkylation sites (N-methyl/N-ethyl adjacent to an activating group) is 1. The Kier molecular flexibility index (Phi) is 9.99. The average molecular weight is 511 g/mol. The lowest BCUT2D eigenvalue weighted by molar-refractivity contribution is -0.145. The normalized spacial score (nSPS) is 12.9. The molecule has 0 saturated heterocycles. The van der Waals surface area contributed by atoms with Gasteiger partial charge in [-0.05, 0) is 56.5 Å². The van der Waals surface area contributed by atoms with E-state index < -0.39 is 41.6 Å². The van der Waals surface area contributed by atoms with E-state index in [1.807, 2.05) is 36.4 Å². The van der Waals surface area contributed by atoms with Crippen molar-refractivity contribution in [1.82, 2.24) is 10.2 Å². The first-order valence-corrected chi connectivity index (χ1v) is 11.7. The van der Waals surface area contributed by atoms with Crippen molar-refractivity contribution in [2.45, 2.75) is 51.8 Å². The molecule has 9 heteroatoms. The van der Waals surface area contributed by atoms with Crippen molar-refractivity contribution >= 4 is 36.1 Å². The van der Waals surface area contributed by atoms with Gasteiger partial charge in [0.1, 0.15) is 17.7 Å². The number of carboxylic acids is 1. The molecule has 0 aliphatic carbocycles. The fourth-order valence-electron chi connectivity index (χ4n) is 3.23. The number of esters is 1. The summed E-state index contributed by atoms with van der Waals surface area (Å²) in [6.45, 7) is 6.74. The quantitative estimate of drug-likeness (QED) is 0.386. The predicted octanol–water partition coefficient (Wildman–Crippen LogP) is 4.01. The van der Waals surface area contributed by atoms with Crippen molar-refractivity contribution in [3.05, 3.63) is 70.8 Å². The van der Waals surface area contributed by atoms with Gasteiger partial charge in [0.25, 0.3) is 0 Å². The molecule has 2 rings (SSSR count). The number of methoxy groups -OCH3 is 1. The number of carbonyl (C=O) groups excluding carboxylic acids is 3. The van der Waals surface area contributed by atoms with Crippen molar-refractivity contribution in [2.75, 3.05) is 14.2 Å². The molecule has 0 heterocycles. The minimum absolute atomic E-state index is 0.196. The van der Waals surface area contributed by atoms with Crippen LogP contribution in [0.1, 0.15) is 54.7 Å². The zero-order valence-corrected chi connectivity index (χ0v) is 22.0. The Morgan fingerprint density at radius 3 is 1.95 bits per heavy atom. The summed E-state index contributed by atoms with van der Waals surface area (Å²) >= 11 is 0. The van der Waals surface area contributed by atoms with Crippen molar-refractivity contribution in [2.24, 2.45) is 0 Å². The molecule has 0 spiro atoms. The minimum atomic E-state index is -0.975. The average Bonchev–Trinajstić information content (AvgIpc) is 2.85. The summed E-state index contributed by atoms with van der Waals surface area (Å²) in [5, 5.41) is 11.7. The van der Waals surface area contributed by atoms with E-state index >= 15 is 0 Å². The third-order valence-electron chi connectivity index (χ3n) is 5.49. The molecule has 2 amide bonds. The van der Waals surface area contributed by atoms with Crippen molar-refractivity contribution in [3.63, 3.8) is 0 Å². The second-order valence-electron chi connectivity index (χ2n) is 9.56. The number of benzene rings is 2. The Morgan fingerprint density at radius 2 is 1.49 bits per heavy atom. The number of hydrogen-bond donors (Lipinski definition) is 2. The number of ether oxygens (including phenoxy) is 2. The monoisotopic (exact) mass is 510 g/mol. The minimum Gasteiger partial charge on any atom is -0.478 e. The highest BCUT2D eigenvalue weighted by molar-refractivity contribution is 5.89. The molecule has 0 aliphatic heterocycles. The number of aromatic carboxylic acids is 1. The Balaban J connectivity index is 2.04. The van der Waals surface area contributed by atoms with Crippen LogP contribution in [0.25, 0.3) is 12.2 Å². The lowest BCUT2D eigenvalue weighted by Gasteiger charge is -2.29. The highest BCUT2D eigenvalue weighted by atomic mass is 16.6. The molecule has 2 atom stereocenters. The zero-order chi connectivity index (χ0) is 27.8. The topological polar surface area (TPSA) is 122 Å². The maximum atomic E-state index is 12.8. The van der Waals surface area contributed by atoms with Gasteiger partial charge in [-0.15, -0.1) is 0 Å². The summed E-state index contributed by atoms with van der Waals surface area (Å²) in [6, 6.07) is 12.1. The second-order valence-corrected chi connectivity index (χ2v) is 9.56. The van der Waals surface area contributed by atoms with Crippen LogP contribution in [0, 0.1) is 0 Å². The van der Waals surface area contributed by atoms with Crippen LogP contribution in [0.5, 0.6) is 0 Å². The Morgan fingerprint density at radius 1 is 0.973 bits per heavy atom. The van der Waals surface area contributed by atoms with E-state index in [0.717, 1.165) is 16.7 Å². The first-order chi connectivity index (χ1) is 17.3. The lowest BCUT2D eigenvalue weighted by atomic mass is 10.0. The van der Waals surface area contributed by atoms with Gasteiger partial charge in [0.2, 0.25) is 5.91 Å². The van der Waals surface area contributed by atoms with Crippen molar-refractivity contribution in [3.8, 4) is 0 Å². The van der Waals surface area contributed by atoms with E-state index in [1.165, 1.54) is 19.1 Å². The molecular weight excluding hydrogens is 476 g/mol. The van der Waals surface area contributed by atoms with Crippen LogP contribution in [-0.2, 0) is 25.5 Å². The smallest absolute Gasteiger partial charge is 0.410 e. The molecule has 0 radical (unpaired) electrons. The third-order valence-corrected chi connectivity index (χ3v) is 5.49. The number of rotatable bonds is 9. The van der Waals surface area contributed by atoms with E-state index in [9.17, 15) is 19.2 Å². The molecule has 37 heavy (non-hydrogen) atoms. The van der Waals surface area contributed by atoms with Gasteiger partial charge in [-0.3, -0.25) is 9.69 Å². The van der Waals surface area contributed by atoms with Crippen LogP contribution in [0.15, 0.2) is 48.5 Å². The summed E-state index contributed by atoms with van der Waals surface area (Å²) in [5.41, 5.74) is 2.07. The fraction of sp³-hybridized carbons (Fsp3) is 0.357. The standard InChI is InChI=1S/C28H34N2O7/c1-18(30(5)27(35)37-28(2,3)4)24(31)29-23(26(34)36-6)17-21-11-9-19(10-12-21)7-8-20-13-15-22(16-14-20)25(32)33/h7-16,18,23H,17H2,1-6H3,(H,29,31)(H,32,33)/t18-,23-/m0/s1. The molecule has 0 aromatic heterocycles. The molecule has 0 bridgehead atoms. The van der Waals surface area contributed by atoms with Gasteiger partial charge in [0, 0.05) is 13.5 Å². The number of carboxylic acid groups (broad SMARTS) is 1. The molecule has 0 saturated carbocycles. The summed E-state index contributed by atoms with van der Waals surface area (Å²) in [6.07, 6.45) is 3.29. The van der Waals surface area contributed by atoms with E-state index in [0.29, 0.717) is 0 Å². The van der Waals surface area contributed by atoms with E-state index in [1.54, 1.807) is 52.0 Å². The Bertz CT molecular complexity index is 1130. The predicted molar refractivity (Wildman–Crippen MR) is 140 cm³/mol. The zero-order valence-electron chi connectivity index (χ0n) is 22.0. The number of hydrogen-bond acceptors (Lipinski definition) is 6. The number of carbonyl (C=O) groups is 4. The summed E-state index contributed by atoms with van der Waals surface area (Å²) in [7, 11) is 2.70. The Labute approximate surface area is 217 Å². The van der Waals surface area contributed by atoms with Crippen LogP contribution in [0.2, 0.25) is 0 Å². The molecule has 0 unspecified atom stereocenters. The summed E-state index contributed by atoms with van der Waals surface area (Å²) in [5.74, 6) is -2.09. The van der Waals surface area contributed by atoms with Gasteiger partial charge >= 0.3 is 18.0 Å². The van der Waals surface area contributed by atoms with Crippen LogP contribution in [-0.4, -0.2) is 65.8 Å². The third kappa shape index (κ3) is 9.10. The highest BCUT2D eigenvalue weighted by Gasteiger charge is 2.30. The molecule has 198 valence electrons. The van der Waals surface area contributed by atoms with Gasteiger partial charge in [-0.25, -0.2) is 14.4 Å². The second kappa shape index (κ2) is 12.7. The van der Waals surface area contributed by atoms with Gasteiger partial charge in [-0.2, -0.15) is 0 Å². The van der Waals surface area contributed by atoms with Crippen molar-refractivity contribution in [1.29, 1.82) is 0 Å². The maximum absolute atomic E-state index is 12.8. The van der Waals surface area contributed by atoms with Crippen molar-refractivity contribution < 1.29 is 33.8 Å². The molecule has 9 nitrogen and oxygen atoms in total. The van der Waals surface area contributed by atoms with Crippen LogP contribution >= 0.6 is 0 Å². The first kappa shape index (κ1) is 29.1. The fourth-order valence-corrected chi connectivity index (χ4v) is 3.23. The molecule has 2 aromatic rings. The van der Waals surface area contributed by atoms with E-state index in [2.05, 4.69) is 5.32 Å². The van der Waals surface area contributed by atoms with Gasteiger partial charge in [-0.1, -0.05) is 48.6 Å². The van der Waals surface area contributed by atoms with Crippen LogP contribution in [0.3, 0.4) is 0 Å². The molecular formula is C28H34N2O7. The van der Waals surface area contributed by atoms with Gasteiger partial charge in [0.05, 0.1) is 12.7 Å².